The molecule has 1 aliphatic rings. The van der Waals surface area contributed by atoms with Crippen LogP contribution in [0.3, 0.4) is 0 Å². The molecular formula is C15H19N3O2S. The van der Waals surface area contributed by atoms with Crippen molar-refractivity contribution in [2.45, 2.75) is 30.7 Å². The van der Waals surface area contributed by atoms with Gasteiger partial charge in [-0.15, -0.1) is 0 Å². The minimum atomic E-state index is -3.50. The fourth-order valence-corrected chi connectivity index (χ4v) is 4.86. The number of nitrogen functional groups attached to an aromatic ring is 1. The van der Waals surface area contributed by atoms with Gasteiger partial charge in [0.05, 0.1) is 10.9 Å². The highest BCUT2D eigenvalue weighted by Crippen LogP contribution is 2.36. The average Bonchev–Trinajstić information content (AvgIpc) is 3.09. The topological polar surface area (TPSA) is 79.2 Å². The number of sulfonamides is 1. The number of aromatic nitrogens is 1. The summed E-state index contributed by atoms with van der Waals surface area (Å²) in [5.74, 6) is 0. The average molecular weight is 305 g/mol. The largest absolute Gasteiger partial charge is 0.399 e. The van der Waals surface area contributed by atoms with Crippen molar-refractivity contribution in [2.24, 2.45) is 0 Å². The van der Waals surface area contributed by atoms with E-state index in [1.807, 2.05) is 18.3 Å². The molecule has 3 N–H and O–H groups in total. The number of nitrogens with zero attached hydrogens (tertiary/aromatic N) is 1. The van der Waals surface area contributed by atoms with E-state index in [4.69, 9.17) is 5.73 Å². The van der Waals surface area contributed by atoms with Crippen molar-refractivity contribution in [1.82, 2.24) is 9.29 Å². The summed E-state index contributed by atoms with van der Waals surface area (Å²) in [5.41, 5.74) is 7.93. The lowest BCUT2D eigenvalue weighted by Gasteiger charge is -2.24. The Kier molecular flexibility index (Phi) is 3.51. The van der Waals surface area contributed by atoms with Gasteiger partial charge in [0.1, 0.15) is 0 Å². The first-order valence-corrected chi connectivity index (χ1v) is 8.45. The van der Waals surface area contributed by atoms with Gasteiger partial charge in [0.25, 0.3) is 0 Å². The summed E-state index contributed by atoms with van der Waals surface area (Å²) in [6, 6.07) is 8.67. The predicted octanol–water partition coefficient (Wildman–Crippen LogP) is 2.43. The number of nitrogens with one attached hydrogen (secondary N) is 1. The standard InChI is InChI=1S/C15H19N3O2S/c1-11-10-12(16)6-7-15(11)21(19,20)18-9-3-5-14(18)13-4-2-8-17-13/h2,4,6-8,10,14,17H,3,5,9,16H2,1H3. The lowest BCUT2D eigenvalue weighted by molar-refractivity contribution is 0.391. The minimum absolute atomic E-state index is 0.109. The van der Waals surface area contributed by atoms with Gasteiger partial charge in [0.2, 0.25) is 10.0 Å². The minimum Gasteiger partial charge on any atom is -0.399 e. The summed E-state index contributed by atoms with van der Waals surface area (Å²) in [6.45, 7) is 2.33. The van der Waals surface area contributed by atoms with E-state index < -0.39 is 10.0 Å². The van der Waals surface area contributed by atoms with Gasteiger partial charge in [-0.1, -0.05) is 0 Å². The van der Waals surface area contributed by atoms with Crippen LogP contribution < -0.4 is 5.73 Å². The zero-order valence-electron chi connectivity index (χ0n) is 11.9. The van der Waals surface area contributed by atoms with E-state index in [-0.39, 0.29) is 6.04 Å². The van der Waals surface area contributed by atoms with Gasteiger partial charge in [0.15, 0.2) is 0 Å². The van der Waals surface area contributed by atoms with E-state index >= 15 is 0 Å². The first-order valence-electron chi connectivity index (χ1n) is 7.01. The second-order valence-electron chi connectivity index (χ2n) is 5.42. The van der Waals surface area contributed by atoms with Crippen LogP contribution in [0.1, 0.15) is 30.1 Å². The van der Waals surface area contributed by atoms with Gasteiger partial charge in [0, 0.05) is 24.1 Å². The number of H-pyrrole nitrogens is 1. The molecule has 1 fully saturated rings. The highest BCUT2D eigenvalue weighted by atomic mass is 32.2. The van der Waals surface area contributed by atoms with Crippen LogP contribution in [-0.4, -0.2) is 24.3 Å². The fraction of sp³-hybridized carbons (Fsp3) is 0.333. The molecule has 0 bridgehead atoms. The molecule has 1 atom stereocenters. The van der Waals surface area contributed by atoms with Crippen LogP contribution in [0.15, 0.2) is 41.4 Å². The summed E-state index contributed by atoms with van der Waals surface area (Å²) in [5, 5.41) is 0. The maximum Gasteiger partial charge on any atom is 0.243 e. The van der Waals surface area contributed by atoms with Gasteiger partial charge < -0.3 is 10.7 Å². The molecule has 1 aromatic carbocycles. The molecule has 1 unspecified atom stereocenters. The Morgan fingerprint density at radius 1 is 1.33 bits per heavy atom. The zero-order chi connectivity index (χ0) is 15.0. The molecule has 3 rings (SSSR count). The molecule has 6 heteroatoms. The highest BCUT2D eigenvalue weighted by molar-refractivity contribution is 7.89. The van der Waals surface area contributed by atoms with Crippen molar-refractivity contribution in [3.05, 3.63) is 47.8 Å². The number of aryl methyl sites for hydroxylation is 1. The van der Waals surface area contributed by atoms with Gasteiger partial charge in [-0.2, -0.15) is 4.31 Å². The van der Waals surface area contributed by atoms with Crippen LogP contribution in [0.25, 0.3) is 0 Å². The zero-order valence-corrected chi connectivity index (χ0v) is 12.7. The Bertz CT molecular complexity index is 738. The Balaban J connectivity index is 2.01. The summed E-state index contributed by atoms with van der Waals surface area (Å²) in [4.78, 5) is 3.47. The van der Waals surface area contributed by atoms with Gasteiger partial charge in [-0.3, -0.25) is 0 Å². The van der Waals surface area contributed by atoms with Crippen LogP contribution in [0, 0.1) is 6.92 Å². The van der Waals surface area contributed by atoms with Crippen LogP contribution in [-0.2, 0) is 10.0 Å². The van der Waals surface area contributed by atoms with E-state index in [1.54, 1.807) is 29.4 Å². The second-order valence-corrected chi connectivity index (χ2v) is 7.28. The molecule has 1 aliphatic heterocycles. The lowest BCUT2D eigenvalue weighted by atomic mass is 10.2. The van der Waals surface area contributed by atoms with Crippen LogP contribution in [0.5, 0.6) is 0 Å². The molecule has 0 spiro atoms. The van der Waals surface area contributed by atoms with Gasteiger partial charge in [-0.25, -0.2) is 8.42 Å². The third kappa shape index (κ3) is 2.45. The molecule has 0 aliphatic carbocycles. The van der Waals surface area contributed by atoms with Crippen molar-refractivity contribution in [3.63, 3.8) is 0 Å². The molecule has 5 nitrogen and oxygen atoms in total. The molecule has 1 aromatic heterocycles. The number of anilines is 1. The Morgan fingerprint density at radius 2 is 2.14 bits per heavy atom. The Morgan fingerprint density at radius 3 is 2.81 bits per heavy atom. The molecule has 0 saturated carbocycles. The summed E-state index contributed by atoms with van der Waals surface area (Å²) >= 11 is 0. The normalized spacial score (nSPS) is 20.0. The molecule has 1 saturated heterocycles. The van der Waals surface area contributed by atoms with Crippen LogP contribution in [0.4, 0.5) is 5.69 Å². The van der Waals surface area contributed by atoms with Crippen LogP contribution in [0.2, 0.25) is 0 Å². The van der Waals surface area contributed by atoms with Crippen molar-refractivity contribution in [1.29, 1.82) is 0 Å². The number of benzene rings is 1. The van der Waals surface area contributed by atoms with Gasteiger partial charge >= 0.3 is 0 Å². The number of aromatic amines is 1. The number of nitrogens with two attached hydrogens (primary N) is 1. The molecule has 112 valence electrons. The van der Waals surface area contributed by atoms with E-state index in [0.29, 0.717) is 22.7 Å². The maximum atomic E-state index is 12.9. The van der Waals surface area contributed by atoms with Crippen molar-refractivity contribution < 1.29 is 8.42 Å². The van der Waals surface area contributed by atoms with Gasteiger partial charge in [-0.05, 0) is 55.7 Å². The predicted molar refractivity (Wildman–Crippen MR) is 82.3 cm³/mol. The first-order chi connectivity index (χ1) is 10.00. The van der Waals surface area contributed by atoms with Crippen LogP contribution >= 0.6 is 0 Å². The summed E-state index contributed by atoms with van der Waals surface area (Å²) < 4.78 is 27.5. The SMILES string of the molecule is Cc1cc(N)ccc1S(=O)(=O)N1CCCC1c1ccc[nH]1. The first kappa shape index (κ1) is 14.2. The lowest BCUT2D eigenvalue weighted by Crippen LogP contribution is -2.31. The third-order valence-electron chi connectivity index (χ3n) is 3.97. The molecule has 2 aromatic rings. The van der Waals surface area contributed by atoms with E-state index in [0.717, 1.165) is 18.5 Å². The van der Waals surface area contributed by atoms with E-state index in [9.17, 15) is 8.42 Å². The fourth-order valence-electron chi connectivity index (χ4n) is 2.98. The smallest absolute Gasteiger partial charge is 0.243 e. The molecule has 0 radical (unpaired) electrons. The Labute approximate surface area is 124 Å². The van der Waals surface area contributed by atoms with E-state index in [1.165, 1.54) is 0 Å². The molecule has 0 amide bonds. The van der Waals surface area contributed by atoms with Crippen molar-refractivity contribution in [3.8, 4) is 0 Å². The molecular weight excluding hydrogens is 286 g/mol. The molecule has 2 heterocycles. The van der Waals surface area contributed by atoms with Crippen molar-refractivity contribution in [2.75, 3.05) is 12.3 Å². The highest BCUT2D eigenvalue weighted by Gasteiger charge is 2.37. The number of hydrogen-bond acceptors (Lipinski definition) is 3. The molecule has 21 heavy (non-hydrogen) atoms. The monoisotopic (exact) mass is 305 g/mol. The van der Waals surface area contributed by atoms with E-state index in [2.05, 4.69) is 4.98 Å². The number of rotatable bonds is 3. The summed E-state index contributed by atoms with van der Waals surface area (Å²) in [7, 11) is -3.50. The summed E-state index contributed by atoms with van der Waals surface area (Å²) in [6.07, 6.45) is 3.54. The second kappa shape index (κ2) is 5.20. The Hall–Kier alpha value is -1.79. The third-order valence-corrected chi connectivity index (χ3v) is 6.04. The van der Waals surface area contributed by atoms with Crippen molar-refractivity contribution >= 4 is 15.7 Å². The quantitative estimate of drug-likeness (QED) is 0.855. The number of hydrogen-bond donors (Lipinski definition) is 2. The maximum absolute atomic E-state index is 12.9.